The van der Waals surface area contributed by atoms with Crippen molar-refractivity contribution in [1.82, 2.24) is 15.0 Å². The third-order valence-corrected chi connectivity index (χ3v) is 18.0. The number of nitrogens with zero attached hydrogens (tertiary/aromatic N) is 9. The first-order chi connectivity index (χ1) is 42.9. The van der Waals surface area contributed by atoms with Crippen LogP contribution in [0.1, 0.15) is 66.1 Å². The first-order valence-corrected chi connectivity index (χ1v) is 30.5. The molecule has 12 nitrogen and oxygen atoms in total. The topological polar surface area (TPSA) is 99.5 Å². The van der Waals surface area contributed by atoms with Crippen molar-refractivity contribution >= 4 is 106 Å². The van der Waals surface area contributed by atoms with Gasteiger partial charge in [-0.15, -0.1) is 0 Å². The average molecular weight is 1170 g/mol. The molecule has 0 saturated heterocycles. The Hall–Kier alpha value is -10.0. The van der Waals surface area contributed by atoms with E-state index in [1.54, 1.807) is 0 Å². The van der Waals surface area contributed by atoms with E-state index in [2.05, 4.69) is 290 Å². The number of rotatable bonds is 6. The molecule has 0 aliphatic carbocycles. The molecule has 438 valence electrons. The number of furan rings is 3. The van der Waals surface area contributed by atoms with Gasteiger partial charge in [0, 0.05) is 63.4 Å². The van der Waals surface area contributed by atoms with E-state index in [-0.39, 0.29) is 20.5 Å². The molecule has 3 aliphatic heterocycles. The second-order valence-electron chi connectivity index (χ2n) is 24.4. The summed E-state index contributed by atoms with van der Waals surface area (Å²) in [7, 11) is 12.8. The molecule has 9 aromatic heterocycles. The van der Waals surface area contributed by atoms with Crippen molar-refractivity contribution in [2.24, 2.45) is 21.1 Å². The van der Waals surface area contributed by atoms with E-state index in [1.807, 2.05) is 39.0 Å². The predicted molar refractivity (Wildman–Crippen MR) is 367 cm³/mol. The summed E-state index contributed by atoms with van der Waals surface area (Å²) in [5, 5.41) is 3.19. The van der Waals surface area contributed by atoms with Gasteiger partial charge < -0.3 is 27.7 Å². The van der Waals surface area contributed by atoms with Gasteiger partial charge in [0.25, 0.3) is 0 Å². The Morgan fingerprint density at radius 2 is 0.820 bits per heavy atom. The maximum absolute atomic E-state index is 6.21. The highest BCUT2D eigenvalue weighted by molar-refractivity contribution is 6.84. The monoisotopic (exact) mass is 1170 g/mol. The van der Waals surface area contributed by atoms with Crippen molar-refractivity contribution in [2.45, 2.75) is 55.4 Å². The second kappa shape index (κ2) is 23.3. The highest BCUT2D eigenvalue weighted by Gasteiger charge is 2.42. The van der Waals surface area contributed by atoms with Gasteiger partial charge in [-0.1, -0.05) is 113 Å². The van der Waals surface area contributed by atoms with Crippen LogP contribution in [0.2, 0.25) is 0 Å². The van der Waals surface area contributed by atoms with Crippen LogP contribution >= 0.6 is 0 Å². The lowest BCUT2D eigenvalue weighted by Crippen LogP contribution is -2.62. The molecule has 0 amide bonds. The number of hydrogen-bond donors (Lipinski definition) is 0. The predicted octanol–water partition coefficient (Wildman–Crippen LogP) is 12.4. The Balaban J connectivity index is 0.000000123. The summed E-state index contributed by atoms with van der Waals surface area (Å²) in [5.41, 5.74) is 25.8. The average Bonchev–Trinajstić information content (AvgIpc) is 1.77. The van der Waals surface area contributed by atoms with Crippen LogP contribution in [-0.2, 0) is 21.1 Å². The Bertz CT molecular complexity index is 4840. The molecule has 0 fully saturated rings. The summed E-state index contributed by atoms with van der Waals surface area (Å²) in [6, 6.07) is 53.3. The van der Waals surface area contributed by atoms with E-state index in [0.717, 1.165) is 67.6 Å². The number of fused-ring (bicyclic) bond motifs is 9. The molecule has 0 bridgehead atoms. The number of allylic oxidation sites excluding steroid dienone is 3. The van der Waals surface area contributed by atoms with E-state index in [4.69, 9.17) is 13.3 Å². The van der Waals surface area contributed by atoms with Crippen molar-refractivity contribution in [2.75, 3.05) is 35.6 Å². The molecule has 3 aliphatic rings. The Morgan fingerprint density at radius 3 is 1.36 bits per heavy atom. The van der Waals surface area contributed by atoms with Gasteiger partial charge in [0.1, 0.15) is 21.1 Å². The maximum atomic E-state index is 6.21. The van der Waals surface area contributed by atoms with Crippen molar-refractivity contribution < 1.29 is 27.0 Å². The molecular formula is C74H73B3N9O3+3. The highest BCUT2D eigenvalue weighted by Crippen LogP contribution is 2.41. The zero-order chi connectivity index (χ0) is 62.1. The first-order valence-electron chi connectivity index (χ1n) is 30.5. The molecule has 15 heteroatoms. The number of aryl methyl sites for hydroxylation is 8. The molecule has 0 N–H and O–H groups in total. The maximum Gasteiger partial charge on any atom is 0.401 e. The number of anilines is 3. The minimum absolute atomic E-state index is 0.104. The summed E-state index contributed by atoms with van der Waals surface area (Å²) < 4.78 is 25.1. The van der Waals surface area contributed by atoms with Gasteiger partial charge in [0.05, 0.1) is 22.1 Å². The fourth-order valence-electron chi connectivity index (χ4n) is 13.7. The first kappa shape index (κ1) is 58.0. The van der Waals surface area contributed by atoms with Crippen LogP contribution in [0.3, 0.4) is 0 Å². The molecule has 12 aromatic rings. The number of pyridine rings is 6. The fraction of sp³-hybridized carbons (Fsp3) is 0.189. The normalized spacial score (nSPS) is 13.6. The SMILES string of the molecule is CC1=Cc2c(oc3nc(C)ccc23)N(C)B1c1cc(C)c(-c2ccccc2)c[n+]1C.CC1=Cc2oc3nc(C)ccc3c2N(C)B1c1cc(-c2ccccc2)c(C)c[n+]1C.CC1=Cc2oc3nc(C)ccc3c2N(C)B1c1cc(-c2ccccc2)cc[n+]1C. The van der Waals surface area contributed by atoms with Crippen molar-refractivity contribution in [3.63, 3.8) is 0 Å². The van der Waals surface area contributed by atoms with E-state index in [9.17, 15) is 0 Å². The summed E-state index contributed by atoms with van der Waals surface area (Å²) in [6.45, 7) is 17.2. The van der Waals surface area contributed by atoms with Gasteiger partial charge in [0.15, 0.2) is 52.8 Å². The lowest BCUT2D eigenvalue weighted by atomic mass is 9.49. The molecule has 3 aromatic carbocycles. The number of benzene rings is 3. The van der Waals surface area contributed by atoms with Crippen LogP contribution in [0, 0.1) is 34.6 Å². The van der Waals surface area contributed by atoms with Crippen LogP contribution < -0.4 is 44.9 Å². The van der Waals surface area contributed by atoms with Crippen LogP contribution in [0.15, 0.2) is 200 Å². The molecule has 0 atom stereocenters. The van der Waals surface area contributed by atoms with Crippen LogP contribution in [0.25, 0.3) is 84.9 Å². The van der Waals surface area contributed by atoms with Crippen LogP contribution in [0.5, 0.6) is 0 Å². The quantitative estimate of drug-likeness (QED) is 0.119. The minimum atomic E-state index is 0.104. The second-order valence-corrected chi connectivity index (χ2v) is 24.4. The molecule has 0 unspecified atom stereocenters. The molecule has 0 spiro atoms. The lowest BCUT2D eigenvalue weighted by molar-refractivity contribution is -0.654. The molecule has 12 heterocycles. The molecular weight excluding hydrogens is 1100 g/mol. The minimum Gasteiger partial charge on any atom is -0.436 e. The third kappa shape index (κ3) is 10.6. The zero-order valence-electron chi connectivity index (χ0n) is 53.4. The summed E-state index contributed by atoms with van der Waals surface area (Å²) in [5.74, 6) is 2.65. The van der Waals surface area contributed by atoms with Crippen LogP contribution in [0.4, 0.5) is 17.3 Å². The van der Waals surface area contributed by atoms with Gasteiger partial charge >= 0.3 is 20.5 Å². The highest BCUT2D eigenvalue weighted by atomic mass is 16.4. The summed E-state index contributed by atoms with van der Waals surface area (Å²) >= 11 is 0. The van der Waals surface area contributed by atoms with Gasteiger partial charge in [-0.25, -0.2) is 28.7 Å². The van der Waals surface area contributed by atoms with E-state index >= 15 is 0 Å². The zero-order valence-corrected chi connectivity index (χ0v) is 53.4. The number of hydrogen-bond acceptors (Lipinski definition) is 9. The van der Waals surface area contributed by atoms with E-state index < -0.39 is 0 Å². The van der Waals surface area contributed by atoms with Gasteiger partial charge in [-0.05, 0) is 158 Å². The fourth-order valence-corrected chi connectivity index (χ4v) is 13.7. The van der Waals surface area contributed by atoms with Crippen LogP contribution in [-0.4, -0.2) is 56.6 Å². The van der Waals surface area contributed by atoms with E-state index in [1.165, 1.54) is 77.7 Å². The number of aromatic nitrogens is 6. The molecule has 0 radical (unpaired) electrons. The van der Waals surface area contributed by atoms with Gasteiger partial charge in [0.2, 0.25) is 17.1 Å². The molecule has 15 rings (SSSR count). The smallest absolute Gasteiger partial charge is 0.401 e. The molecule has 89 heavy (non-hydrogen) atoms. The van der Waals surface area contributed by atoms with Gasteiger partial charge in [-0.2, -0.15) is 0 Å². The Morgan fingerprint density at radius 1 is 0.382 bits per heavy atom. The Labute approximate surface area is 522 Å². The van der Waals surface area contributed by atoms with Crippen molar-refractivity contribution in [3.05, 3.63) is 232 Å². The standard InChI is InChI=1S/2C25H25BN3O.C24H23BN3O/c1-16-15-28(4)23(14-21(16)19-9-7-6-8-10-19)26-17(2)13-22-24(29(26)5)20-12-11-18(3)27-25(20)30-22;1-16-13-23(28(4)15-22(16)19-9-7-6-8-10-19)26-17(2)14-21-20-12-11-18(3)27-24(20)30-25(21)29(26)5;1-16-14-21-23(20-11-10-17(2)26-24(20)29-21)28(4)25(16)22-15-19(12-13-27(22)3)18-8-6-5-7-9-18/h2*6-15H,1-5H3;5-15H,1-4H3/q3*+1. The van der Waals surface area contributed by atoms with Crippen molar-refractivity contribution in [1.29, 1.82) is 0 Å². The summed E-state index contributed by atoms with van der Waals surface area (Å²) in [4.78, 5) is 20.6. The largest absolute Gasteiger partial charge is 0.436 e. The summed E-state index contributed by atoms with van der Waals surface area (Å²) in [6.07, 6.45) is 13.2. The third-order valence-electron chi connectivity index (χ3n) is 18.0. The van der Waals surface area contributed by atoms with E-state index in [0.29, 0.717) is 17.1 Å². The lowest BCUT2D eigenvalue weighted by Gasteiger charge is -2.29. The van der Waals surface area contributed by atoms with Gasteiger partial charge in [-0.3, -0.25) is 0 Å². The Kier molecular flexibility index (Phi) is 15.2. The van der Waals surface area contributed by atoms with Crippen molar-refractivity contribution in [3.8, 4) is 33.4 Å². The molecule has 0 saturated carbocycles.